The Kier molecular flexibility index (Phi) is 3.47. The maximum atomic E-state index is 11.0. The zero-order valence-corrected chi connectivity index (χ0v) is 10.7. The molecule has 6 heteroatoms. The van der Waals surface area contributed by atoms with Gasteiger partial charge >= 0.3 is 5.97 Å². The molecule has 0 atom stereocenters. The first kappa shape index (κ1) is 12.4. The van der Waals surface area contributed by atoms with Crippen molar-refractivity contribution in [1.29, 1.82) is 0 Å². The lowest BCUT2D eigenvalue weighted by molar-refractivity contribution is 0.0694. The molecule has 0 bridgehead atoms. The maximum absolute atomic E-state index is 11.0. The van der Waals surface area contributed by atoms with Crippen LogP contribution in [0.5, 0.6) is 11.5 Å². The molecule has 18 heavy (non-hydrogen) atoms. The van der Waals surface area contributed by atoms with E-state index in [4.69, 9.17) is 15.6 Å². The number of benzene rings is 1. The molecule has 0 spiro atoms. The van der Waals surface area contributed by atoms with Gasteiger partial charge in [0.05, 0.1) is 6.20 Å². The first-order valence-corrected chi connectivity index (χ1v) is 5.77. The predicted molar refractivity (Wildman–Crippen MR) is 69.8 cm³/mol. The highest BCUT2D eigenvalue weighted by molar-refractivity contribution is 9.10. The quantitative estimate of drug-likeness (QED) is 0.851. The summed E-state index contributed by atoms with van der Waals surface area (Å²) in [6.45, 7) is 0. The number of ether oxygens (including phenoxy) is 1. The second kappa shape index (κ2) is 5.05. The Hall–Kier alpha value is -2.08. The molecule has 0 unspecified atom stereocenters. The Balaban J connectivity index is 2.39. The molecule has 0 amide bonds. The van der Waals surface area contributed by atoms with E-state index in [1.165, 1.54) is 24.4 Å². The highest BCUT2D eigenvalue weighted by Gasteiger charge is 2.12. The lowest BCUT2D eigenvalue weighted by atomic mass is 10.2. The summed E-state index contributed by atoms with van der Waals surface area (Å²) in [4.78, 5) is 15.0. The van der Waals surface area contributed by atoms with Crippen molar-refractivity contribution in [3.05, 3.63) is 46.7 Å². The molecule has 92 valence electrons. The van der Waals surface area contributed by atoms with Crippen LogP contribution in [-0.2, 0) is 0 Å². The van der Waals surface area contributed by atoms with Gasteiger partial charge in [-0.2, -0.15) is 0 Å². The van der Waals surface area contributed by atoms with E-state index in [-0.39, 0.29) is 11.3 Å². The van der Waals surface area contributed by atoms with Crippen molar-refractivity contribution in [1.82, 2.24) is 4.98 Å². The number of carboxylic acids is 1. The summed E-state index contributed by atoms with van der Waals surface area (Å²) in [7, 11) is 0. The Bertz CT molecular complexity index is 602. The number of carboxylic acid groups (broad SMARTS) is 1. The number of aromatic nitrogens is 1. The monoisotopic (exact) mass is 308 g/mol. The molecule has 0 fully saturated rings. The minimum Gasteiger partial charge on any atom is -0.478 e. The average Bonchev–Trinajstić information content (AvgIpc) is 2.28. The number of nitrogens with zero attached hydrogens (tertiary/aromatic N) is 1. The molecule has 2 rings (SSSR count). The van der Waals surface area contributed by atoms with Gasteiger partial charge < -0.3 is 15.6 Å². The van der Waals surface area contributed by atoms with E-state index < -0.39 is 5.97 Å². The van der Waals surface area contributed by atoms with Crippen LogP contribution in [0.25, 0.3) is 0 Å². The molecular weight excluding hydrogens is 300 g/mol. The fraction of sp³-hybridized carbons (Fsp3) is 0. The Morgan fingerprint density at radius 1 is 1.33 bits per heavy atom. The lowest BCUT2D eigenvalue weighted by Crippen LogP contribution is -2.01. The van der Waals surface area contributed by atoms with Gasteiger partial charge in [0, 0.05) is 22.4 Å². The molecule has 2 aromatic rings. The van der Waals surface area contributed by atoms with Crippen molar-refractivity contribution in [3.63, 3.8) is 0 Å². The number of pyridine rings is 1. The third kappa shape index (κ3) is 2.78. The molecule has 0 aliphatic rings. The van der Waals surface area contributed by atoms with Gasteiger partial charge in [-0.1, -0.05) is 0 Å². The number of nitrogen functional groups attached to an aromatic ring is 1. The van der Waals surface area contributed by atoms with Crippen LogP contribution in [0.3, 0.4) is 0 Å². The third-order valence-electron chi connectivity index (χ3n) is 2.14. The van der Waals surface area contributed by atoms with Gasteiger partial charge in [0.25, 0.3) is 0 Å². The van der Waals surface area contributed by atoms with Crippen LogP contribution >= 0.6 is 15.9 Å². The van der Waals surface area contributed by atoms with Gasteiger partial charge in [-0.15, -0.1) is 0 Å². The van der Waals surface area contributed by atoms with E-state index in [0.29, 0.717) is 11.4 Å². The number of hydrogen-bond donors (Lipinski definition) is 2. The number of hydrogen-bond acceptors (Lipinski definition) is 4. The number of rotatable bonds is 3. The van der Waals surface area contributed by atoms with Crippen molar-refractivity contribution < 1.29 is 14.6 Å². The van der Waals surface area contributed by atoms with Gasteiger partial charge in [-0.3, -0.25) is 4.98 Å². The Labute approximate surface area is 111 Å². The number of halogens is 1. The predicted octanol–water partition coefficient (Wildman–Crippen LogP) is 2.92. The molecule has 1 aromatic carbocycles. The SMILES string of the molecule is Nc1ccc(C(=O)O)c(Oc2cncc(Br)c2)c1. The molecular formula is C12H9BrN2O3. The van der Waals surface area contributed by atoms with Crippen molar-refractivity contribution >= 4 is 27.6 Å². The van der Waals surface area contributed by atoms with Crippen LogP contribution < -0.4 is 10.5 Å². The summed E-state index contributed by atoms with van der Waals surface area (Å²) in [5.74, 6) is -0.465. The molecule has 1 aromatic heterocycles. The van der Waals surface area contributed by atoms with E-state index in [9.17, 15) is 4.79 Å². The fourth-order valence-corrected chi connectivity index (χ4v) is 1.72. The summed E-state index contributed by atoms with van der Waals surface area (Å²) in [6.07, 6.45) is 3.09. The summed E-state index contributed by atoms with van der Waals surface area (Å²) in [5, 5.41) is 9.04. The van der Waals surface area contributed by atoms with Gasteiger partial charge in [-0.25, -0.2) is 4.79 Å². The standard InChI is InChI=1S/C12H9BrN2O3/c13-7-3-9(6-15-5-7)18-11-4-8(14)1-2-10(11)12(16)17/h1-6H,14H2,(H,16,17). The smallest absolute Gasteiger partial charge is 0.339 e. The van der Waals surface area contributed by atoms with Crippen LogP contribution in [0.15, 0.2) is 41.1 Å². The zero-order chi connectivity index (χ0) is 13.1. The van der Waals surface area contributed by atoms with Crippen molar-refractivity contribution in [3.8, 4) is 11.5 Å². The van der Waals surface area contributed by atoms with E-state index in [2.05, 4.69) is 20.9 Å². The highest BCUT2D eigenvalue weighted by Crippen LogP contribution is 2.28. The molecule has 0 aliphatic heterocycles. The number of carbonyl (C=O) groups is 1. The Morgan fingerprint density at radius 2 is 2.11 bits per heavy atom. The van der Waals surface area contributed by atoms with Crippen molar-refractivity contribution in [2.75, 3.05) is 5.73 Å². The van der Waals surface area contributed by atoms with Gasteiger partial charge in [0.15, 0.2) is 0 Å². The average molecular weight is 309 g/mol. The van der Waals surface area contributed by atoms with Crippen LogP contribution in [0.4, 0.5) is 5.69 Å². The molecule has 1 heterocycles. The van der Waals surface area contributed by atoms with Gasteiger partial charge in [0.1, 0.15) is 17.1 Å². The summed E-state index contributed by atoms with van der Waals surface area (Å²) in [6, 6.07) is 6.06. The molecule has 3 N–H and O–H groups in total. The largest absolute Gasteiger partial charge is 0.478 e. The highest BCUT2D eigenvalue weighted by atomic mass is 79.9. The topological polar surface area (TPSA) is 85.4 Å². The molecule has 0 radical (unpaired) electrons. The van der Waals surface area contributed by atoms with Gasteiger partial charge in [0.2, 0.25) is 0 Å². The number of aromatic carboxylic acids is 1. The summed E-state index contributed by atoms with van der Waals surface area (Å²) < 4.78 is 6.22. The van der Waals surface area contributed by atoms with E-state index in [0.717, 1.165) is 4.47 Å². The van der Waals surface area contributed by atoms with Gasteiger partial charge in [-0.05, 0) is 34.1 Å². The number of anilines is 1. The van der Waals surface area contributed by atoms with E-state index in [1.807, 2.05) is 0 Å². The Morgan fingerprint density at radius 3 is 2.78 bits per heavy atom. The first-order chi connectivity index (χ1) is 8.56. The van der Waals surface area contributed by atoms with Crippen LogP contribution in [0.1, 0.15) is 10.4 Å². The van der Waals surface area contributed by atoms with Crippen molar-refractivity contribution in [2.45, 2.75) is 0 Å². The summed E-state index contributed by atoms with van der Waals surface area (Å²) in [5.41, 5.74) is 6.09. The third-order valence-corrected chi connectivity index (χ3v) is 2.58. The van der Waals surface area contributed by atoms with E-state index in [1.54, 1.807) is 12.3 Å². The number of nitrogens with two attached hydrogens (primary N) is 1. The van der Waals surface area contributed by atoms with Crippen LogP contribution in [-0.4, -0.2) is 16.1 Å². The minimum atomic E-state index is -1.08. The second-order valence-electron chi connectivity index (χ2n) is 3.50. The van der Waals surface area contributed by atoms with E-state index >= 15 is 0 Å². The molecule has 0 saturated carbocycles. The maximum Gasteiger partial charge on any atom is 0.339 e. The van der Waals surface area contributed by atoms with Crippen LogP contribution in [0, 0.1) is 0 Å². The normalized spacial score (nSPS) is 10.1. The van der Waals surface area contributed by atoms with Crippen LogP contribution in [0.2, 0.25) is 0 Å². The van der Waals surface area contributed by atoms with Crippen molar-refractivity contribution in [2.24, 2.45) is 0 Å². The fourth-order valence-electron chi connectivity index (χ4n) is 1.38. The summed E-state index contributed by atoms with van der Waals surface area (Å²) >= 11 is 3.25. The molecule has 5 nitrogen and oxygen atoms in total. The molecule has 0 aliphatic carbocycles. The second-order valence-corrected chi connectivity index (χ2v) is 4.42. The molecule has 0 saturated heterocycles. The lowest BCUT2D eigenvalue weighted by Gasteiger charge is -2.09. The minimum absolute atomic E-state index is 0.0455. The first-order valence-electron chi connectivity index (χ1n) is 4.97. The zero-order valence-electron chi connectivity index (χ0n) is 9.13.